The van der Waals surface area contributed by atoms with Gasteiger partial charge in [-0.1, -0.05) is 30.5 Å². The molecule has 0 saturated heterocycles. The van der Waals surface area contributed by atoms with E-state index in [0.29, 0.717) is 22.5 Å². The average Bonchev–Trinajstić information content (AvgIpc) is 2.57. The molecule has 1 aliphatic carbocycles. The first-order valence-electron chi connectivity index (χ1n) is 8.24. The zero-order chi connectivity index (χ0) is 17.8. The second-order valence-electron chi connectivity index (χ2n) is 6.15. The molecule has 1 aromatic heterocycles. The number of halogens is 1. The molecule has 1 saturated carbocycles. The lowest BCUT2D eigenvalue weighted by atomic mass is 9.91. The van der Waals surface area contributed by atoms with Gasteiger partial charge in [0.1, 0.15) is 11.4 Å². The Balaban J connectivity index is 1.85. The summed E-state index contributed by atoms with van der Waals surface area (Å²) in [6.45, 7) is 0. The van der Waals surface area contributed by atoms with Gasteiger partial charge < -0.3 is 22.1 Å². The fraction of sp³-hybridized carbons (Fsp3) is 0.353. The Kier molecular flexibility index (Phi) is 5.35. The Hall–Kier alpha value is -2.38. The Morgan fingerprint density at radius 1 is 1.28 bits per heavy atom. The molecule has 2 atom stereocenters. The van der Waals surface area contributed by atoms with E-state index in [1.54, 1.807) is 18.2 Å². The van der Waals surface area contributed by atoms with Gasteiger partial charge >= 0.3 is 0 Å². The van der Waals surface area contributed by atoms with Crippen molar-refractivity contribution in [2.45, 2.75) is 37.8 Å². The number of hydrogen-bond acceptors (Lipinski definition) is 6. The van der Waals surface area contributed by atoms with E-state index in [0.717, 1.165) is 25.7 Å². The number of nitrogens with zero attached hydrogens (tertiary/aromatic N) is 2. The SMILES string of the molecule is NC(=O)c1cnc(N[C@@H]2CCCC[C@@H]2N)nc1Nc1cccc(Cl)c1. The third-order valence-corrected chi connectivity index (χ3v) is 4.51. The number of benzene rings is 1. The molecule has 1 fully saturated rings. The van der Waals surface area contributed by atoms with Crippen molar-refractivity contribution in [3.8, 4) is 0 Å². The van der Waals surface area contributed by atoms with Crippen LogP contribution in [-0.4, -0.2) is 28.0 Å². The van der Waals surface area contributed by atoms with E-state index in [4.69, 9.17) is 23.1 Å². The first-order chi connectivity index (χ1) is 12.0. The number of nitrogens with one attached hydrogen (secondary N) is 2. The van der Waals surface area contributed by atoms with Gasteiger partial charge in [0.15, 0.2) is 0 Å². The van der Waals surface area contributed by atoms with Crippen LogP contribution in [0.1, 0.15) is 36.0 Å². The largest absolute Gasteiger partial charge is 0.365 e. The molecular weight excluding hydrogens is 340 g/mol. The van der Waals surface area contributed by atoms with Crippen LogP contribution in [-0.2, 0) is 0 Å². The van der Waals surface area contributed by atoms with Crippen LogP contribution in [0, 0.1) is 0 Å². The van der Waals surface area contributed by atoms with Crippen LogP contribution < -0.4 is 22.1 Å². The quantitative estimate of drug-likeness (QED) is 0.650. The minimum absolute atomic E-state index is 0.0671. The molecule has 0 spiro atoms. The Bertz CT molecular complexity index is 769. The molecule has 6 N–H and O–H groups in total. The molecule has 1 heterocycles. The maximum absolute atomic E-state index is 11.7. The highest BCUT2D eigenvalue weighted by Gasteiger charge is 2.23. The number of amides is 1. The monoisotopic (exact) mass is 360 g/mol. The van der Waals surface area contributed by atoms with Gasteiger partial charge in [-0.3, -0.25) is 4.79 Å². The van der Waals surface area contributed by atoms with Gasteiger partial charge in [-0.2, -0.15) is 4.98 Å². The molecule has 2 aromatic rings. The van der Waals surface area contributed by atoms with Crippen LogP contribution in [0.3, 0.4) is 0 Å². The number of carbonyl (C=O) groups excluding carboxylic acids is 1. The third kappa shape index (κ3) is 4.37. The van der Waals surface area contributed by atoms with Crippen LogP contribution in [0.5, 0.6) is 0 Å². The van der Waals surface area contributed by atoms with Crippen LogP contribution in [0.2, 0.25) is 5.02 Å². The van der Waals surface area contributed by atoms with E-state index in [1.165, 1.54) is 6.20 Å². The highest BCUT2D eigenvalue weighted by atomic mass is 35.5. The maximum atomic E-state index is 11.7. The molecule has 0 radical (unpaired) electrons. The zero-order valence-electron chi connectivity index (χ0n) is 13.7. The molecule has 3 rings (SSSR count). The smallest absolute Gasteiger partial charge is 0.254 e. The van der Waals surface area contributed by atoms with Crippen molar-refractivity contribution in [1.29, 1.82) is 0 Å². The summed E-state index contributed by atoms with van der Waals surface area (Å²) < 4.78 is 0. The second-order valence-corrected chi connectivity index (χ2v) is 6.59. The van der Waals surface area contributed by atoms with Crippen molar-refractivity contribution in [1.82, 2.24) is 9.97 Å². The van der Waals surface area contributed by atoms with Gasteiger partial charge in [0.25, 0.3) is 5.91 Å². The summed E-state index contributed by atoms with van der Waals surface area (Å²) in [6.07, 6.45) is 5.63. The minimum atomic E-state index is -0.606. The fourth-order valence-electron chi connectivity index (χ4n) is 2.93. The molecule has 0 aliphatic heterocycles. The van der Waals surface area contributed by atoms with E-state index in [2.05, 4.69) is 20.6 Å². The summed E-state index contributed by atoms with van der Waals surface area (Å²) in [4.78, 5) is 20.3. The summed E-state index contributed by atoms with van der Waals surface area (Å²) in [6, 6.07) is 7.31. The van der Waals surface area contributed by atoms with Gasteiger partial charge in [0.2, 0.25) is 5.95 Å². The number of carbonyl (C=O) groups is 1. The number of nitrogens with two attached hydrogens (primary N) is 2. The number of aromatic nitrogens is 2. The van der Waals surface area contributed by atoms with E-state index in [-0.39, 0.29) is 17.6 Å². The number of anilines is 3. The topological polar surface area (TPSA) is 119 Å². The van der Waals surface area contributed by atoms with Gasteiger partial charge in [0.05, 0.1) is 0 Å². The van der Waals surface area contributed by atoms with Crippen LogP contribution >= 0.6 is 11.6 Å². The van der Waals surface area contributed by atoms with Crippen molar-refractivity contribution in [3.05, 3.63) is 41.0 Å². The molecular formula is C17H21ClN6O. The standard InChI is InChI=1S/C17H21ClN6O/c18-10-4-3-5-11(8-10)22-16-12(15(20)25)9-21-17(24-16)23-14-7-2-1-6-13(14)19/h3-5,8-9,13-14H,1-2,6-7,19H2,(H2,20,25)(H2,21,22,23,24)/t13-,14+/m0/s1. The van der Waals surface area contributed by atoms with Gasteiger partial charge in [-0.05, 0) is 31.0 Å². The molecule has 0 unspecified atom stereocenters. The Morgan fingerprint density at radius 3 is 2.80 bits per heavy atom. The third-order valence-electron chi connectivity index (χ3n) is 4.28. The number of primary amides is 1. The summed E-state index contributed by atoms with van der Waals surface area (Å²) in [5.41, 5.74) is 12.5. The summed E-state index contributed by atoms with van der Waals surface area (Å²) in [7, 11) is 0. The van der Waals surface area contributed by atoms with E-state index >= 15 is 0 Å². The average molecular weight is 361 g/mol. The number of hydrogen-bond donors (Lipinski definition) is 4. The summed E-state index contributed by atoms with van der Waals surface area (Å²) in [5, 5.41) is 6.92. The summed E-state index contributed by atoms with van der Waals surface area (Å²) in [5.74, 6) is 0.138. The lowest BCUT2D eigenvalue weighted by Crippen LogP contribution is -2.43. The van der Waals surface area contributed by atoms with Crippen molar-refractivity contribution in [2.24, 2.45) is 11.5 Å². The van der Waals surface area contributed by atoms with Crippen molar-refractivity contribution >= 4 is 35.0 Å². The first-order valence-corrected chi connectivity index (χ1v) is 8.62. The highest BCUT2D eigenvalue weighted by molar-refractivity contribution is 6.30. The van der Waals surface area contributed by atoms with E-state index < -0.39 is 5.91 Å². The Morgan fingerprint density at radius 2 is 2.08 bits per heavy atom. The van der Waals surface area contributed by atoms with Crippen molar-refractivity contribution < 1.29 is 4.79 Å². The zero-order valence-corrected chi connectivity index (χ0v) is 14.5. The molecule has 1 amide bonds. The molecule has 8 heteroatoms. The molecule has 7 nitrogen and oxygen atoms in total. The van der Waals surface area contributed by atoms with E-state index in [9.17, 15) is 4.79 Å². The summed E-state index contributed by atoms with van der Waals surface area (Å²) >= 11 is 6.00. The molecule has 1 aromatic carbocycles. The van der Waals surface area contributed by atoms with Gasteiger partial charge in [-0.25, -0.2) is 4.98 Å². The minimum Gasteiger partial charge on any atom is -0.365 e. The first kappa shape index (κ1) is 17.4. The highest BCUT2D eigenvalue weighted by Crippen LogP contribution is 2.24. The lowest BCUT2D eigenvalue weighted by molar-refractivity contribution is 0.100. The predicted molar refractivity (Wildman–Crippen MR) is 99.1 cm³/mol. The van der Waals surface area contributed by atoms with Crippen LogP contribution in [0.15, 0.2) is 30.5 Å². The van der Waals surface area contributed by atoms with Gasteiger partial charge in [-0.15, -0.1) is 0 Å². The lowest BCUT2D eigenvalue weighted by Gasteiger charge is -2.29. The van der Waals surface area contributed by atoms with E-state index in [1.807, 2.05) is 6.07 Å². The van der Waals surface area contributed by atoms with Crippen LogP contribution in [0.4, 0.5) is 17.5 Å². The molecule has 0 bridgehead atoms. The fourth-order valence-corrected chi connectivity index (χ4v) is 3.12. The Labute approximate surface area is 151 Å². The van der Waals surface area contributed by atoms with Crippen molar-refractivity contribution in [3.63, 3.8) is 0 Å². The van der Waals surface area contributed by atoms with Crippen LogP contribution in [0.25, 0.3) is 0 Å². The van der Waals surface area contributed by atoms with Crippen molar-refractivity contribution in [2.75, 3.05) is 10.6 Å². The number of rotatable bonds is 5. The normalized spacial score (nSPS) is 20.1. The molecule has 25 heavy (non-hydrogen) atoms. The predicted octanol–water partition coefficient (Wildman–Crippen LogP) is 2.65. The van der Waals surface area contributed by atoms with Gasteiger partial charge in [0, 0.05) is 29.0 Å². The molecule has 1 aliphatic rings. The molecule has 132 valence electrons. The second kappa shape index (κ2) is 7.67. The maximum Gasteiger partial charge on any atom is 0.254 e.